The second kappa shape index (κ2) is 14.0. The lowest BCUT2D eigenvalue weighted by Gasteiger charge is -2.32. The normalized spacial score (nSPS) is 12.9. The Kier molecular flexibility index (Phi) is 11.4. The SMILES string of the molecule is CC[C@H](C(=O)N[C@@H](C)CC)N(Cc1cccc(C)c1)C(=O)CCCN(c1ccc(OC)cc1)S(C)(=O)=O. The molecule has 0 saturated heterocycles. The van der Waals surface area contributed by atoms with E-state index >= 15 is 0 Å². The first-order valence-corrected chi connectivity index (χ1v) is 14.6. The van der Waals surface area contributed by atoms with Gasteiger partial charge >= 0.3 is 0 Å². The van der Waals surface area contributed by atoms with Crippen LogP contribution >= 0.6 is 0 Å². The molecule has 0 radical (unpaired) electrons. The van der Waals surface area contributed by atoms with Crippen LogP contribution in [-0.4, -0.2) is 57.1 Å². The predicted molar refractivity (Wildman–Crippen MR) is 148 cm³/mol. The van der Waals surface area contributed by atoms with Crippen LogP contribution in [0.2, 0.25) is 0 Å². The van der Waals surface area contributed by atoms with E-state index in [2.05, 4.69) is 5.32 Å². The van der Waals surface area contributed by atoms with Gasteiger partial charge in [0.25, 0.3) is 0 Å². The fourth-order valence-electron chi connectivity index (χ4n) is 4.12. The number of hydrogen-bond acceptors (Lipinski definition) is 5. The van der Waals surface area contributed by atoms with Gasteiger partial charge in [-0.2, -0.15) is 0 Å². The van der Waals surface area contributed by atoms with E-state index in [-0.39, 0.29) is 30.8 Å². The minimum atomic E-state index is -3.56. The minimum absolute atomic E-state index is 0.00490. The van der Waals surface area contributed by atoms with Gasteiger partial charge in [-0.1, -0.05) is 43.7 Å². The lowest BCUT2D eigenvalue weighted by atomic mass is 10.1. The van der Waals surface area contributed by atoms with Crippen molar-refractivity contribution in [2.24, 2.45) is 0 Å². The fourth-order valence-corrected chi connectivity index (χ4v) is 5.09. The van der Waals surface area contributed by atoms with Gasteiger partial charge in [0.05, 0.1) is 19.1 Å². The first-order valence-electron chi connectivity index (χ1n) is 12.8. The maximum absolute atomic E-state index is 13.5. The monoisotopic (exact) mass is 531 g/mol. The summed E-state index contributed by atoms with van der Waals surface area (Å²) in [6, 6.07) is 14.0. The summed E-state index contributed by atoms with van der Waals surface area (Å²) in [5, 5.41) is 3.01. The second-order valence-electron chi connectivity index (χ2n) is 9.39. The summed E-state index contributed by atoms with van der Waals surface area (Å²) in [6.07, 6.45) is 2.84. The number of nitrogens with one attached hydrogen (secondary N) is 1. The largest absolute Gasteiger partial charge is 0.497 e. The van der Waals surface area contributed by atoms with Crippen LogP contribution in [0.15, 0.2) is 48.5 Å². The summed E-state index contributed by atoms with van der Waals surface area (Å²) in [7, 11) is -2.01. The molecule has 2 aromatic carbocycles. The molecule has 204 valence electrons. The molecule has 8 nitrogen and oxygen atoms in total. The third kappa shape index (κ3) is 9.07. The van der Waals surface area contributed by atoms with Gasteiger partial charge in [-0.25, -0.2) is 8.42 Å². The maximum Gasteiger partial charge on any atom is 0.243 e. The van der Waals surface area contributed by atoms with Crippen LogP contribution in [0.25, 0.3) is 0 Å². The molecule has 0 aliphatic rings. The molecule has 0 spiro atoms. The van der Waals surface area contributed by atoms with Gasteiger partial charge < -0.3 is 15.0 Å². The number of aryl methyl sites for hydroxylation is 1. The highest BCUT2D eigenvalue weighted by Crippen LogP contribution is 2.22. The molecular formula is C28H41N3O5S. The second-order valence-corrected chi connectivity index (χ2v) is 11.3. The van der Waals surface area contributed by atoms with Crippen molar-refractivity contribution in [3.8, 4) is 5.75 Å². The van der Waals surface area contributed by atoms with Crippen LogP contribution in [0.5, 0.6) is 5.75 Å². The molecule has 0 heterocycles. The van der Waals surface area contributed by atoms with Crippen LogP contribution < -0.4 is 14.4 Å². The molecule has 2 aromatic rings. The molecule has 0 aliphatic carbocycles. The summed E-state index contributed by atoms with van der Waals surface area (Å²) >= 11 is 0. The molecule has 0 aromatic heterocycles. The van der Waals surface area contributed by atoms with Crippen molar-refractivity contribution in [3.05, 3.63) is 59.7 Å². The van der Waals surface area contributed by atoms with E-state index in [1.165, 1.54) is 4.31 Å². The Hall–Kier alpha value is -3.07. The van der Waals surface area contributed by atoms with Gasteiger partial charge in [0.15, 0.2) is 0 Å². The Labute approximate surface area is 222 Å². The summed E-state index contributed by atoms with van der Waals surface area (Å²) in [5.74, 6) is 0.269. The molecule has 2 rings (SSSR count). The number of nitrogens with zero attached hydrogens (tertiary/aromatic N) is 2. The number of carbonyl (C=O) groups excluding carboxylic acids is 2. The first-order chi connectivity index (χ1) is 17.5. The molecule has 0 fully saturated rings. The van der Waals surface area contributed by atoms with Crippen LogP contribution in [0.4, 0.5) is 5.69 Å². The van der Waals surface area contributed by atoms with Gasteiger partial charge in [-0.3, -0.25) is 13.9 Å². The average Bonchev–Trinajstić information content (AvgIpc) is 2.85. The van der Waals surface area contributed by atoms with Crippen molar-refractivity contribution in [1.82, 2.24) is 10.2 Å². The van der Waals surface area contributed by atoms with Gasteiger partial charge in [-0.15, -0.1) is 0 Å². The van der Waals surface area contributed by atoms with Gasteiger partial charge in [0.1, 0.15) is 11.8 Å². The molecule has 37 heavy (non-hydrogen) atoms. The van der Waals surface area contributed by atoms with E-state index in [0.29, 0.717) is 30.8 Å². The van der Waals surface area contributed by atoms with E-state index in [1.807, 2.05) is 52.0 Å². The number of sulfonamides is 1. The van der Waals surface area contributed by atoms with Crippen LogP contribution in [0.3, 0.4) is 0 Å². The third-order valence-corrected chi connectivity index (χ3v) is 7.53. The number of carbonyl (C=O) groups is 2. The molecule has 0 saturated carbocycles. The Bertz CT molecular complexity index is 1130. The molecule has 2 amide bonds. The van der Waals surface area contributed by atoms with Crippen molar-refractivity contribution in [1.29, 1.82) is 0 Å². The highest BCUT2D eigenvalue weighted by Gasteiger charge is 2.29. The van der Waals surface area contributed by atoms with E-state index in [1.54, 1.807) is 36.3 Å². The number of amides is 2. The Morgan fingerprint density at radius 1 is 1.05 bits per heavy atom. The minimum Gasteiger partial charge on any atom is -0.497 e. The quantitative estimate of drug-likeness (QED) is 0.393. The zero-order valence-corrected chi connectivity index (χ0v) is 23.7. The number of ether oxygens (including phenoxy) is 1. The average molecular weight is 532 g/mol. The van der Waals surface area contributed by atoms with Crippen LogP contribution in [0, 0.1) is 6.92 Å². The van der Waals surface area contributed by atoms with Crippen molar-refractivity contribution in [2.45, 2.75) is 72.0 Å². The number of benzene rings is 2. The van der Waals surface area contributed by atoms with E-state index in [9.17, 15) is 18.0 Å². The number of rotatable bonds is 14. The molecule has 9 heteroatoms. The smallest absolute Gasteiger partial charge is 0.243 e. The highest BCUT2D eigenvalue weighted by atomic mass is 32.2. The van der Waals surface area contributed by atoms with Crippen molar-refractivity contribution >= 4 is 27.5 Å². The first kappa shape index (κ1) is 30.2. The topological polar surface area (TPSA) is 96.0 Å². The Balaban J connectivity index is 2.22. The molecule has 0 bridgehead atoms. The molecule has 2 atom stereocenters. The summed E-state index contributed by atoms with van der Waals surface area (Å²) < 4.78 is 31.4. The Morgan fingerprint density at radius 3 is 2.27 bits per heavy atom. The predicted octanol–water partition coefficient (Wildman–Crippen LogP) is 4.27. The van der Waals surface area contributed by atoms with Gasteiger partial charge in [0, 0.05) is 25.6 Å². The third-order valence-electron chi connectivity index (χ3n) is 6.33. The zero-order valence-electron chi connectivity index (χ0n) is 22.9. The lowest BCUT2D eigenvalue weighted by molar-refractivity contribution is -0.141. The van der Waals surface area contributed by atoms with E-state index < -0.39 is 16.1 Å². The van der Waals surface area contributed by atoms with Crippen LogP contribution in [-0.2, 0) is 26.2 Å². The standard InChI is InChI=1S/C28H41N3O5S/c1-7-22(4)29-28(33)26(8-2)30(20-23-12-9-11-21(3)19-23)27(32)13-10-18-31(37(6,34)35)24-14-16-25(36-5)17-15-24/h9,11-12,14-17,19,22,26H,7-8,10,13,18,20H2,1-6H3,(H,29,33)/t22-,26+/m0/s1. The van der Waals surface area contributed by atoms with Crippen molar-refractivity contribution < 1.29 is 22.7 Å². The molecule has 0 unspecified atom stereocenters. The Morgan fingerprint density at radius 2 is 1.73 bits per heavy atom. The number of methoxy groups -OCH3 is 1. The maximum atomic E-state index is 13.5. The van der Waals surface area contributed by atoms with E-state index in [0.717, 1.165) is 23.8 Å². The molecule has 0 aliphatic heterocycles. The molecule has 1 N–H and O–H groups in total. The fraction of sp³-hybridized carbons (Fsp3) is 0.500. The van der Waals surface area contributed by atoms with Gasteiger partial charge in [0.2, 0.25) is 21.8 Å². The highest BCUT2D eigenvalue weighted by molar-refractivity contribution is 7.92. The zero-order chi connectivity index (χ0) is 27.6. The summed E-state index contributed by atoms with van der Waals surface area (Å²) in [4.78, 5) is 28.2. The van der Waals surface area contributed by atoms with Crippen molar-refractivity contribution in [2.75, 3.05) is 24.2 Å². The number of anilines is 1. The van der Waals surface area contributed by atoms with Gasteiger partial charge in [-0.05, 0) is 62.9 Å². The number of hydrogen-bond donors (Lipinski definition) is 1. The van der Waals surface area contributed by atoms with Crippen LogP contribution in [0.1, 0.15) is 57.6 Å². The molecular weight excluding hydrogens is 490 g/mol. The lowest BCUT2D eigenvalue weighted by Crippen LogP contribution is -2.50. The van der Waals surface area contributed by atoms with E-state index in [4.69, 9.17) is 4.74 Å². The van der Waals surface area contributed by atoms with Crippen molar-refractivity contribution in [3.63, 3.8) is 0 Å². The summed E-state index contributed by atoms with van der Waals surface area (Å²) in [6.45, 7) is 8.27. The summed E-state index contributed by atoms with van der Waals surface area (Å²) in [5.41, 5.74) is 2.52.